The smallest absolute Gasteiger partial charge is 0.221 e. The minimum atomic E-state index is -0.523. The summed E-state index contributed by atoms with van der Waals surface area (Å²) in [5, 5.41) is 33.8. The van der Waals surface area contributed by atoms with Gasteiger partial charge < -0.3 is 26.0 Å². The van der Waals surface area contributed by atoms with Gasteiger partial charge in [0.1, 0.15) is 0 Å². The van der Waals surface area contributed by atoms with Gasteiger partial charge in [-0.15, -0.1) is 0 Å². The van der Waals surface area contributed by atoms with E-state index in [1.807, 2.05) is 0 Å². The lowest BCUT2D eigenvalue weighted by Gasteiger charge is -2.12. The molecule has 17 heavy (non-hydrogen) atoms. The second kappa shape index (κ2) is 4.50. The summed E-state index contributed by atoms with van der Waals surface area (Å²) < 4.78 is 0. The highest BCUT2D eigenvalue weighted by Gasteiger charge is 2.21. The Morgan fingerprint density at radius 1 is 1.29 bits per heavy atom. The van der Waals surface area contributed by atoms with Crippen LogP contribution in [0.15, 0.2) is 12.1 Å². The number of carbonyl (C=O) groups excluding carboxylic acids is 1. The first kappa shape index (κ1) is 11.5. The van der Waals surface area contributed by atoms with Gasteiger partial charge in [-0.2, -0.15) is 0 Å². The molecule has 1 aliphatic rings. The van der Waals surface area contributed by atoms with E-state index in [1.54, 1.807) is 0 Å². The van der Waals surface area contributed by atoms with E-state index in [0.717, 1.165) is 0 Å². The van der Waals surface area contributed by atoms with Gasteiger partial charge in [-0.3, -0.25) is 4.79 Å². The lowest BCUT2D eigenvalue weighted by atomic mass is 10.1. The Labute approximate surface area is 97.9 Å². The maximum absolute atomic E-state index is 11.0. The Balaban J connectivity index is 2.00. The fourth-order valence-corrected chi connectivity index (χ4v) is 1.76. The standard InChI is InChI=1S/C11H14N2O4/c14-8-2-1-6(10(16)11(8)17)4-12-7-3-9(15)13-5-7/h1-2,7,12,14,16-17H,3-5H2,(H,13,15). The second-order valence-corrected chi connectivity index (χ2v) is 4.03. The van der Waals surface area contributed by atoms with Crippen LogP contribution in [0.1, 0.15) is 12.0 Å². The predicted molar refractivity (Wildman–Crippen MR) is 59.7 cm³/mol. The predicted octanol–water partition coefficient (Wildman–Crippen LogP) is -0.219. The zero-order valence-electron chi connectivity index (χ0n) is 9.10. The summed E-state index contributed by atoms with van der Waals surface area (Å²) in [6, 6.07) is 2.85. The Hall–Kier alpha value is -1.95. The molecule has 0 aromatic heterocycles. The number of hydrogen-bond acceptors (Lipinski definition) is 5. The second-order valence-electron chi connectivity index (χ2n) is 4.03. The lowest BCUT2D eigenvalue weighted by molar-refractivity contribution is -0.119. The van der Waals surface area contributed by atoms with Crippen molar-refractivity contribution in [2.45, 2.75) is 19.0 Å². The molecular formula is C11H14N2O4. The normalized spacial score (nSPS) is 19.3. The number of nitrogens with one attached hydrogen (secondary N) is 2. The third-order valence-corrected chi connectivity index (χ3v) is 2.77. The van der Waals surface area contributed by atoms with E-state index in [9.17, 15) is 15.0 Å². The Morgan fingerprint density at radius 2 is 2.06 bits per heavy atom. The first-order valence-electron chi connectivity index (χ1n) is 5.31. The minimum Gasteiger partial charge on any atom is -0.504 e. The zero-order valence-corrected chi connectivity index (χ0v) is 9.10. The average molecular weight is 238 g/mol. The summed E-state index contributed by atoms with van der Waals surface area (Å²) >= 11 is 0. The van der Waals surface area contributed by atoms with E-state index in [2.05, 4.69) is 10.6 Å². The Morgan fingerprint density at radius 3 is 2.71 bits per heavy atom. The van der Waals surface area contributed by atoms with Crippen LogP contribution in [0.25, 0.3) is 0 Å². The van der Waals surface area contributed by atoms with Crippen molar-refractivity contribution in [2.24, 2.45) is 0 Å². The van der Waals surface area contributed by atoms with E-state index in [-0.39, 0.29) is 23.4 Å². The summed E-state index contributed by atoms with van der Waals surface area (Å²) in [5.41, 5.74) is 0.472. The first-order chi connectivity index (χ1) is 8.08. The van der Waals surface area contributed by atoms with Gasteiger partial charge >= 0.3 is 0 Å². The molecule has 1 saturated heterocycles. The minimum absolute atomic E-state index is 0.000255. The van der Waals surface area contributed by atoms with Crippen molar-refractivity contribution < 1.29 is 20.1 Å². The van der Waals surface area contributed by atoms with Gasteiger partial charge in [0.25, 0.3) is 0 Å². The number of rotatable bonds is 3. The third-order valence-electron chi connectivity index (χ3n) is 2.77. The Kier molecular flexibility index (Phi) is 3.06. The van der Waals surface area contributed by atoms with E-state index in [1.165, 1.54) is 12.1 Å². The summed E-state index contributed by atoms with van der Waals surface area (Å²) in [4.78, 5) is 11.0. The molecule has 0 radical (unpaired) electrons. The van der Waals surface area contributed by atoms with Crippen molar-refractivity contribution in [2.75, 3.05) is 6.54 Å². The van der Waals surface area contributed by atoms with Gasteiger partial charge in [0, 0.05) is 31.1 Å². The number of aromatic hydroxyl groups is 3. The number of benzene rings is 1. The molecule has 1 fully saturated rings. The molecule has 92 valence electrons. The van der Waals surface area contributed by atoms with Crippen LogP contribution in [-0.4, -0.2) is 33.8 Å². The summed E-state index contributed by atoms with van der Waals surface area (Å²) in [6.07, 6.45) is 0.408. The number of phenols is 3. The molecule has 1 unspecified atom stereocenters. The van der Waals surface area contributed by atoms with Gasteiger partial charge in [-0.25, -0.2) is 0 Å². The van der Waals surface area contributed by atoms with E-state index >= 15 is 0 Å². The van der Waals surface area contributed by atoms with Gasteiger partial charge in [0.2, 0.25) is 11.7 Å². The zero-order chi connectivity index (χ0) is 12.4. The van der Waals surface area contributed by atoms with Crippen molar-refractivity contribution in [3.05, 3.63) is 17.7 Å². The van der Waals surface area contributed by atoms with Crippen molar-refractivity contribution >= 4 is 5.91 Å². The summed E-state index contributed by atoms with van der Waals surface area (Å²) in [5.74, 6) is -1.22. The van der Waals surface area contributed by atoms with Crippen LogP contribution >= 0.6 is 0 Å². The molecule has 1 aliphatic heterocycles. The molecule has 6 nitrogen and oxygen atoms in total. The highest BCUT2D eigenvalue weighted by Crippen LogP contribution is 2.36. The summed E-state index contributed by atoms with van der Waals surface area (Å²) in [7, 11) is 0. The molecule has 1 aromatic rings. The maximum atomic E-state index is 11.0. The molecule has 2 rings (SSSR count). The van der Waals surface area contributed by atoms with E-state index < -0.39 is 5.75 Å². The summed E-state index contributed by atoms with van der Waals surface area (Å²) in [6.45, 7) is 0.878. The van der Waals surface area contributed by atoms with Crippen LogP contribution in [0.3, 0.4) is 0 Å². The van der Waals surface area contributed by atoms with Gasteiger partial charge in [-0.1, -0.05) is 6.07 Å². The van der Waals surface area contributed by atoms with Crippen LogP contribution in [0, 0.1) is 0 Å². The third kappa shape index (κ3) is 2.42. The number of phenolic OH excluding ortho intramolecular Hbond substituents is 3. The topological polar surface area (TPSA) is 102 Å². The van der Waals surface area contributed by atoms with Crippen LogP contribution < -0.4 is 10.6 Å². The molecular weight excluding hydrogens is 224 g/mol. The van der Waals surface area contributed by atoms with Crippen molar-refractivity contribution in [1.82, 2.24) is 10.6 Å². The van der Waals surface area contributed by atoms with Crippen molar-refractivity contribution in [1.29, 1.82) is 0 Å². The van der Waals surface area contributed by atoms with Crippen LogP contribution in [0.5, 0.6) is 17.2 Å². The monoisotopic (exact) mass is 238 g/mol. The van der Waals surface area contributed by atoms with E-state index in [4.69, 9.17) is 5.11 Å². The number of amides is 1. The highest BCUT2D eigenvalue weighted by molar-refractivity contribution is 5.78. The molecule has 1 atom stereocenters. The number of carbonyl (C=O) groups is 1. The van der Waals surface area contributed by atoms with Crippen LogP contribution in [-0.2, 0) is 11.3 Å². The molecule has 0 saturated carbocycles. The lowest BCUT2D eigenvalue weighted by Crippen LogP contribution is -2.30. The van der Waals surface area contributed by atoms with Crippen molar-refractivity contribution in [3.63, 3.8) is 0 Å². The average Bonchev–Trinajstić information content (AvgIpc) is 2.71. The quantitative estimate of drug-likeness (QED) is 0.469. The first-order valence-corrected chi connectivity index (χ1v) is 5.31. The number of hydrogen-bond donors (Lipinski definition) is 5. The van der Waals surface area contributed by atoms with Gasteiger partial charge in [0.15, 0.2) is 11.5 Å². The van der Waals surface area contributed by atoms with Gasteiger partial charge in [-0.05, 0) is 6.07 Å². The largest absolute Gasteiger partial charge is 0.504 e. The molecule has 1 amide bonds. The maximum Gasteiger partial charge on any atom is 0.221 e. The molecule has 0 bridgehead atoms. The van der Waals surface area contributed by atoms with E-state index in [0.29, 0.717) is 25.1 Å². The van der Waals surface area contributed by atoms with Gasteiger partial charge in [0.05, 0.1) is 0 Å². The van der Waals surface area contributed by atoms with Crippen molar-refractivity contribution in [3.8, 4) is 17.2 Å². The fourth-order valence-electron chi connectivity index (χ4n) is 1.76. The molecule has 0 spiro atoms. The molecule has 0 aliphatic carbocycles. The molecule has 1 heterocycles. The molecule has 6 heteroatoms. The fraction of sp³-hybridized carbons (Fsp3) is 0.364. The Bertz CT molecular complexity index is 447. The molecule has 1 aromatic carbocycles. The van der Waals surface area contributed by atoms with Crippen LogP contribution in [0.2, 0.25) is 0 Å². The SMILES string of the molecule is O=C1CC(NCc2ccc(O)c(O)c2O)CN1. The highest BCUT2D eigenvalue weighted by atomic mass is 16.3. The van der Waals surface area contributed by atoms with Crippen LogP contribution in [0.4, 0.5) is 0 Å². The molecule has 5 N–H and O–H groups in total.